The van der Waals surface area contributed by atoms with Gasteiger partial charge in [-0.15, -0.1) is 0 Å². The van der Waals surface area contributed by atoms with Crippen molar-refractivity contribution < 1.29 is 24.5 Å². The van der Waals surface area contributed by atoms with Crippen LogP contribution in [0.2, 0.25) is 0 Å². The van der Waals surface area contributed by atoms with Crippen molar-refractivity contribution in [2.24, 2.45) is 0 Å². The number of rotatable bonds is 41. The van der Waals surface area contributed by atoms with Crippen LogP contribution in [0.25, 0.3) is 0 Å². The van der Waals surface area contributed by atoms with Crippen molar-refractivity contribution in [2.45, 2.75) is 244 Å². The van der Waals surface area contributed by atoms with Crippen molar-refractivity contribution in [1.29, 1.82) is 0 Å². The number of carbonyl (C=O) groups is 2. The number of aliphatic hydroxyl groups excluding tert-OH is 2. The highest BCUT2D eigenvalue weighted by Gasteiger charge is 2.24. The van der Waals surface area contributed by atoms with Crippen molar-refractivity contribution in [2.75, 3.05) is 6.61 Å². The molecule has 3 atom stereocenters. The monoisotopic (exact) mass is 772 g/mol. The Labute approximate surface area is 340 Å². The van der Waals surface area contributed by atoms with E-state index >= 15 is 0 Å². The first kappa shape index (κ1) is 52.8. The summed E-state index contributed by atoms with van der Waals surface area (Å²) >= 11 is 0. The molecule has 0 aromatic heterocycles. The molecule has 0 heterocycles. The normalized spacial score (nSPS) is 13.8. The zero-order chi connectivity index (χ0) is 40.3. The summed E-state index contributed by atoms with van der Waals surface area (Å²) in [7, 11) is 0. The minimum absolute atomic E-state index is 0.0336. The molecule has 320 valence electrons. The molecular formula is C49H89NO5. The minimum Gasteiger partial charge on any atom is -0.462 e. The third-order valence-corrected chi connectivity index (χ3v) is 10.5. The van der Waals surface area contributed by atoms with Gasteiger partial charge in [-0.05, 0) is 38.5 Å². The van der Waals surface area contributed by atoms with Crippen molar-refractivity contribution in [1.82, 2.24) is 5.32 Å². The molecule has 0 rings (SSSR count). The molecule has 3 unspecified atom stereocenters. The summed E-state index contributed by atoms with van der Waals surface area (Å²) < 4.78 is 5.86. The number of allylic oxidation sites excluding steroid dienone is 8. The third kappa shape index (κ3) is 38.5. The van der Waals surface area contributed by atoms with Crippen LogP contribution in [0.15, 0.2) is 48.6 Å². The van der Waals surface area contributed by atoms with Crippen LogP contribution in [-0.4, -0.2) is 46.9 Å². The lowest BCUT2D eigenvalue weighted by Gasteiger charge is -2.24. The highest BCUT2D eigenvalue weighted by molar-refractivity contribution is 5.77. The number of hydrogen-bond acceptors (Lipinski definition) is 5. The molecule has 55 heavy (non-hydrogen) atoms. The van der Waals surface area contributed by atoms with E-state index in [1.807, 2.05) is 36.5 Å². The lowest BCUT2D eigenvalue weighted by molar-refractivity contribution is -0.151. The van der Waals surface area contributed by atoms with E-state index in [0.29, 0.717) is 19.3 Å². The molecule has 0 aromatic carbocycles. The lowest BCUT2D eigenvalue weighted by atomic mass is 10.0. The van der Waals surface area contributed by atoms with Crippen molar-refractivity contribution in [3.05, 3.63) is 48.6 Å². The van der Waals surface area contributed by atoms with E-state index in [1.165, 1.54) is 122 Å². The maximum absolute atomic E-state index is 13.1. The second-order valence-electron chi connectivity index (χ2n) is 15.9. The maximum atomic E-state index is 13.1. The van der Waals surface area contributed by atoms with Gasteiger partial charge in [0, 0.05) is 6.42 Å². The largest absolute Gasteiger partial charge is 0.462 e. The summed E-state index contributed by atoms with van der Waals surface area (Å²) in [4.78, 5) is 26.0. The Balaban J connectivity index is 4.63. The highest BCUT2D eigenvalue weighted by Crippen LogP contribution is 2.17. The van der Waals surface area contributed by atoms with Crippen LogP contribution in [0.3, 0.4) is 0 Å². The quantitative estimate of drug-likeness (QED) is 0.0327. The summed E-state index contributed by atoms with van der Waals surface area (Å²) in [5.41, 5.74) is 0. The number of amides is 1. The Bertz CT molecular complexity index is 957. The smallest absolute Gasteiger partial charge is 0.306 e. The van der Waals surface area contributed by atoms with Gasteiger partial charge in [-0.1, -0.05) is 223 Å². The molecule has 0 fully saturated rings. The topological polar surface area (TPSA) is 95.9 Å². The number of hydrogen-bond donors (Lipinski definition) is 3. The fraction of sp³-hybridized carbons (Fsp3) is 0.796. The highest BCUT2D eigenvalue weighted by atomic mass is 16.5. The standard InChI is InChI=1S/C49H89NO5/c1-4-7-10-13-16-19-22-24-26-29-32-35-38-41-47(52)46(44-51)50-48(53)43-45(40-37-34-31-28-25-21-18-15-12-9-6-3)55-49(54)42-39-36-33-30-27-23-20-17-14-11-8-5-2/h9,12,15,18,21,25,28,31,45-47,51-52H,4-8,10-11,13-14,16-17,19-20,22-24,26-27,29-30,32-44H2,1-3H3,(H,50,53)/b12-9+,18-15+,25-21-,31-28-. The van der Waals surface area contributed by atoms with Gasteiger partial charge >= 0.3 is 5.97 Å². The first-order chi connectivity index (χ1) is 27.0. The van der Waals surface area contributed by atoms with Crippen molar-refractivity contribution in [3.8, 4) is 0 Å². The minimum atomic E-state index is -0.802. The SMILES string of the molecule is CC/C=C/C=C/C=C\C=C/CCCC(CC(=O)NC(CO)C(O)CCCCCCCCCCCCCCC)OC(=O)CCCCCCCCCCCCCC. The zero-order valence-corrected chi connectivity index (χ0v) is 36.3. The molecule has 6 heteroatoms. The molecule has 0 aliphatic heterocycles. The average Bonchev–Trinajstić information content (AvgIpc) is 3.18. The summed E-state index contributed by atoms with van der Waals surface area (Å²) in [5, 5.41) is 23.6. The molecule has 1 amide bonds. The summed E-state index contributed by atoms with van der Waals surface area (Å²) in [5.74, 6) is -0.539. The van der Waals surface area contributed by atoms with Gasteiger partial charge in [-0.3, -0.25) is 9.59 Å². The molecule has 0 aliphatic carbocycles. The van der Waals surface area contributed by atoms with Gasteiger partial charge in [-0.2, -0.15) is 0 Å². The van der Waals surface area contributed by atoms with E-state index in [-0.39, 0.29) is 24.9 Å². The molecule has 0 aliphatic rings. The fourth-order valence-corrected chi connectivity index (χ4v) is 6.98. The van der Waals surface area contributed by atoms with Gasteiger partial charge in [-0.25, -0.2) is 0 Å². The van der Waals surface area contributed by atoms with Crippen LogP contribution in [0.1, 0.15) is 226 Å². The van der Waals surface area contributed by atoms with E-state index in [0.717, 1.165) is 57.8 Å². The summed E-state index contributed by atoms with van der Waals surface area (Å²) in [6.07, 6.45) is 50.3. The summed E-state index contributed by atoms with van der Waals surface area (Å²) in [6.45, 7) is 6.31. The molecule has 0 aromatic rings. The van der Waals surface area contributed by atoms with Crippen LogP contribution < -0.4 is 5.32 Å². The number of carbonyl (C=O) groups excluding carboxylic acids is 2. The van der Waals surface area contributed by atoms with Gasteiger partial charge in [0.25, 0.3) is 0 Å². The van der Waals surface area contributed by atoms with E-state index in [2.05, 4.69) is 38.2 Å². The molecule has 3 N–H and O–H groups in total. The summed E-state index contributed by atoms with van der Waals surface area (Å²) in [6, 6.07) is -0.719. The van der Waals surface area contributed by atoms with Gasteiger partial charge in [0.15, 0.2) is 0 Å². The van der Waals surface area contributed by atoms with Crippen LogP contribution in [0.4, 0.5) is 0 Å². The van der Waals surface area contributed by atoms with Crippen LogP contribution in [-0.2, 0) is 14.3 Å². The molecule has 6 nitrogen and oxygen atoms in total. The first-order valence-corrected chi connectivity index (χ1v) is 23.4. The van der Waals surface area contributed by atoms with Gasteiger partial charge in [0.1, 0.15) is 6.10 Å². The van der Waals surface area contributed by atoms with Crippen LogP contribution in [0, 0.1) is 0 Å². The Kier molecular flexibility index (Phi) is 41.2. The molecule has 0 saturated heterocycles. The Hall–Kier alpha value is -2.18. The molecular weight excluding hydrogens is 683 g/mol. The predicted molar refractivity (Wildman–Crippen MR) is 236 cm³/mol. The predicted octanol–water partition coefficient (Wildman–Crippen LogP) is 13.5. The number of aliphatic hydroxyl groups is 2. The Morgan fingerprint density at radius 2 is 0.982 bits per heavy atom. The number of ether oxygens (including phenoxy) is 1. The van der Waals surface area contributed by atoms with Gasteiger partial charge in [0.05, 0.1) is 25.2 Å². The van der Waals surface area contributed by atoms with Gasteiger partial charge in [0.2, 0.25) is 5.91 Å². The van der Waals surface area contributed by atoms with E-state index < -0.39 is 18.2 Å². The van der Waals surface area contributed by atoms with Crippen LogP contribution >= 0.6 is 0 Å². The molecule has 0 radical (unpaired) electrons. The van der Waals surface area contributed by atoms with Crippen molar-refractivity contribution >= 4 is 11.9 Å². The molecule has 0 bridgehead atoms. The Morgan fingerprint density at radius 3 is 1.45 bits per heavy atom. The number of unbranched alkanes of at least 4 members (excludes halogenated alkanes) is 24. The maximum Gasteiger partial charge on any atom is 0.306 e. The molecule has 0 saturated carbocycles. The molecule has 0 spiro atoms. The third-order valence-electron chi connectivity index (χ3n) is 10.5. The van der Waals surface area contributed by atoms with E-state index in [4.69, 9.17) is 4.74 Å². The average molecular weight is 772 g/mol. The van der Waals surface area contributed by atoms with Crippen molar-refractivity contribution in [3.63, 3.8) is 0 Å². The van der Waals surface area contributed by atoms with Gasteiger partial charge < -0.3 is 20.3 Å². The van der Waals surface area contributed by atoms with E-state index in [1.54, 1.807) is 0 Å². The van der Waals surface area contributed by atoms with E-state index in [9.17, 15) is 19.8 Å². The lowest BCUT2D eigenvalue weighted by Crippen LogP contribution is -2.46. The number of nitrogens with one attached hydrogen (secondary N) is 1. The Morgan fingerprint density at radius 1 is 0.545 bits per heavy atom. The number of esters is 1. The fourth-order valence-electron chi connectivity index (χ4n) is 6.98. The first-order valence-electron chi connectivity index (χ1n) is 23.4. The zero-order valence-electron chi connectivity index (χ0n) is 36.3. The second kappa shape index (κ2) is 43.0. The van der Waals surface area contributed by atoms with Crippen LogP contribution in [0.5, 0.6) is 0 Å². The second-order valence-corrected chi connectivity index (χ2v) is 15.9.